The number of aryl methyl sites for hydroxylation is 1. The first-order valence-electron chi connectivity index (χ1n) is 6.21. The summed E-state index contributed by atoms with van der Waals surface area (Å²) in [5.74, 6) is 0. The largest absolute Gasteiger partial charge is 0.379 e. The van der Waals surface area contributed by atoms with Crippen LogP contribution in [-0.4, -0.2) is 30.8 Å². The van der Waals surface area contributed by atoms with Crippen LogP contribution >= 0.6 is 0 Å². The summed E-state index contributed by atoms with van der Waals surface area (Å²) in [5.41, 5.74) is 3.92. The van der Waals surface area contributed by atoms with Gasteiger partial charge in [0.15, 0.2) is 0 Å². The van der Waals surface area contributed by atoms with Crippen LogP contribution in [0.4, 0.5) is 0 Å². The molecule has 2 N–H and O–H groups in total. The van der Waals surface area contributed by atoms with Crippen molar-refractivity contribution in [3.63, 3.8) is 0 Å². The maximum Gasteiger partial charge on any atom is 0.0623 e. The average Bonchev–Trinajstić information content (AvgIpc) is 2.73. The van der Waals surface area contributed by atoms with E-state index in [-0.39, 0.29) is 0 Å². The van der Waals surface area contributed by atoms with Crippen LogP contribution in [0.1, 0.15) is 11.1 Å². The van der Waals surface area contributed by atoms with Crippen molar-refractivity contribution in [3.8, 4) is 0 Å². The molecule has 2 heterocycles. The summed E-state index contributed by atoms with van der Waals surface area (Å²) in [5, 5.41) is 4.84. The van der Waals surface area contributed by atoms with E-state index in [0.29, 0.717) is 6.04 Å². The molecule has 0 aliphatic carbocycles. The first kappa shape index (κ1) is 10.8. The number of morpholine rings is 1. The molecule has 1 unspecified atom stereocenters. The van der Waals surface area contributed by atoms with Crippen LogP contribution in [0.3, 0.4) is 0 Å². The quantitative estimate of drug-likeness (QED) is 0.828. The molecule has 0 bridgehead atoms. The van der Waals surface area contributed by atoms with Crippen molar-refractivity contribution in [2.75, 3.05) is 19.8 Å². The summed E-state index contributed by atoms with van der Waals surface area (Å²) < 4.78 is 5.49. The molecule has 3 rings (SSSR count). The average molecular weight is 230 g/mol. The number of H-pyrrole nitrogens is 1. The van der Waals surface area contributed by atoms with Crippen molar-refractivity contribution < 1.29 is 4.74 Å². The van der Waals surface area contributed by atoms with Gasteiger partial charge >= 0.3 is 0 Å². The van der Waals surface area contributed by atoms with Gasteiger partial charge in [-0.1, -0.05) is 11.6 Å². The van der Waals surface area contributed by atoms with Crippen LogP contribution in [0.15, 0.2) is 24.4 Å². The molecule has 2 aromatic rings. The molecule has 1 atom stereocenters. The zero-order valence-corrected chi connectivity index (χ0v) is 10.1. The highest BCUT2D eigenvalue weighted by Gasteiger charge is 2.15. The van der Waals surface area contributed by atoms with Gasteiger partial charge in [-0.25, -0.2) is 0 Å². The Balaban J connectivity index is 1.86. The fourth-order valence-electron chi connectivity index (χ4n) is 2.48. The molecule has 90 valence electrons. The highest BCUT2D eigenvalue weighted by Crippen LogP contribution is 2.21. The molecule has 0 spiro atoms. The number of ether oxygens (including phenoxy) is 1. The van der Waals surface area contributed by atoms with E-state index < -0.39 is 0 Å². The molecule has 0 radical (unpaired) electrons. The Kier molecular flexibility index (Phi) is 2.87. The molecule has 1 aromatic heterocycles. The number of fused-ring (bicyclic) bond motifs is 1. The van der Waals surface area contributed by atoms with Crippen LogP contribution in [0.2, 0.25) is 0 Å². The van der Waals surface area contributed by atoms with Gasteiger partial charge in [-0.2, -0.15) is 0 Å². The molecule has 0 saturated carbocycles. The molecule has 0 amide bonds. The van der Waals surface area contributed by atoms with Gasteiger partial charge in [0.25, 0.3) is 0 Å². The number of aromatic nitrogens is 1. The highest BCUT2D eigenvalue weighted by molar-refractivity contribution is 5.83. The summed E-state index contributed by atoms with van der Waals surface area (Å²) in [7, 11) is 0. The lowest BCUT2D eigenvalue weighted by molar-refractivity contribution is 0.0771. The third kappa shape index (κ3) is 2.21. The summed E-state index contributed by atoms with van der Waals surface area (Å²) in [4.78, 5) is 3.34. The fourth-order valence-corrected chi connectivity index (χ4v) is 2.48. The second kappa shape index (κ2) is 4.51. The molecule has 3 heteroatoms. The Morgan fingerprint density at radius 1 is 1.41 bits per heavy atom. The molecular weight excluding hydrogens is 212 g/mol. The van der Waals surface area contributed by atoms with Crippen molar-refractivity contribution in [3.05, 3.63) is 35.5 Å². The number of rotatable bonds is 2. The highest BCUT2D eigenvalue weighted by atomic mass is 16.5. The molecule has 17 heavy (non-hydrogen) atoms. The standard InChI is InChI=1S/C14H18N2O/c1-10-2-3-14-13(6-10)11(8-16-14)7-12-9-17-5-4-15-12/h2-3,6,8,12,15-16H,4-5,7,9H2,1H3. The minimum atomic E-state index is 0.447. The first-order chi connectivity index (χ1) is 8.33. The summed E-state index contributed by atoms with van der Waals surface area (Å²) in [6.45, 7) is 4.76. The third-order valence-corrected chi connectivity index (χ3v) is 3.39. The van der Waals surface area contributed by atoms with Crippen molar-refractivity contribution in [1.82, 2.24) is 10.3 Å². The minimum Gasteiger partial charge on any atom is -0.379 e. The lowest BCUT2D eigenvalue weighted by Crippen LogP contribution is -2.42. The van der Waals surface area contributed by atoms with Gasteiger partial charge in [0, 0.05) is 29.7 Å². The molecule has 1 saturated heterocycles. The van der Waals surface area contributed by atoms with Crippen molar-refractivity contribution in [2.45, 2.75) is 19.4 Å². The van der Waals surface area contributed by atoms with E-state index in [9.17, 15) is 0 Å². The van der Waals surface area contributed by atoms with Gasteiger partial charge in [-0.3, -0.25) is 0 Å². The zero-order valence-electron chi connectivity index (χ0n) is 10.1. The minimum absolute atomic E-state index is 0.447. The van der Waals surface area contributed by atoms with Crippen molar-refractivity contribution in [2.24, 2.45) is 0 Å². The summed E-state index contributed by atoms with van der Waals surface area (Å²) in [6.07, 6.45) is 3.16. The summed E-state index contributed by atoms with van der Waals surface area (Å²) >= 11 is 0. The zero-order chi connectivity index (χ0) is 11.7. The molecule has 3 nitrogen and oxygen atoms in total. The van der Waals surface area contributed by atoms with Crippen molar-refractivity contribution in [1.29, 1.82) is 0 Å². The van der Waals surface area contributed by atoms with Gasteiger partial charge in [0.05, 0.1) is 13.2 Å². The Bertz CT molecular complexity index is 512. The van der Waals surface area contributed by atoms with E-state index >= 15 is 0 Å². The lowest BCUT2D eigenvalue weighted by Gasteiger charge is -2.23. The maximum atomic E-state index is 5.49. The van der Waals surface area contributed by atoms with E-state index in [2.05, 4.69) is 41.6 Å². The van der Waals surface area contributed by atoms with E-state index in [0.717, 1.165) is 26.2 Å². The lowest BCUT2D eigenvalue weighted by atomic mass is 10.0. The number of benzene rings is 1. The van der Waals surface area contributed by atoms with Gasteiger partial charge in [0.2, 0.25) is 0 Å². The second-order valence-electron chi connectivity index (χ2n) is 4.79. The summed E-state index contributed by atoms with van der Waals surface area (Å²) in [6, 6.07) is 7.00. The van der Waals surface area contributed by atoms with Gasteiger partial charge in [-0.15, -0.1) is 0 Å². The van der Waals surface area contributed by atoms with E-state index in [4.69, 9.17) is 4.74 Å². The number of hydrogen-bond donors (Lipinski definition) is 2. The molecular formula is C14H18N2O. The van der Waals surface area contributed by atoms with Crippen LogP contribution in [-0.2, 0) is 11.2 Å². The molecule has 1 fully saturated rings. The van der Waals surface area contributed by atoms with Gasteiger partial charge in [-0.05, 0) is 31.0 Å². The SMILES string of the molecule is Cc1ccc2[nH]cc(CC3COCCN3)c2c1. The topological polar surface area (TPSA) is 37.0 Å². The fraction of sp³-hybridized carbons (Fsp3) is 0.429. The van der Waals surface area contributed by atoms with Gasteiger partial charge in [0.1, 0.15) is 0 Å². The van der Waals surface area contributed by atoms with Crippen LogP contribution in [0.25, 0.3) is 10.9 Å². The second-order valence-corrected chi connectivity index (χ2v) is 4.79. The maximum absolute atomic E-state index is 5.49. The van der Waals surface area contributed by atoms with Crippen LogP contribution < -0.4 is 5.32 Å². The first-order valence-corrected chi connectivity index (χ1v) is 6.21. The Hall–Kier alpha value is -1.32. The predicted molar refractivity (Wildman–Crippen MR) is 69.3 cm³/mol. The Labute approximate surface area is 101 Å². The number of hydrogen-bond acceptors (Lipinski definition) is 2. The molecule has 1 aliphatic heterocycles. The normalized spacial score (nSPS) is 20.9. The smallest absolute Gasteiger partial charge is 0.0623 e. The monoisotopic (exact) mass is 230 g/mol. The number of aromatic amines is 1. The van der Waals surface area contributed by atoms with Crippen LogP contribution in [0.5, 0.6) is 0 Å². The Morgan fingerprint density at radius 2 is 2.35 bits per heavy atom. The predicted octanol–water partition coefficient (Wildman–Crippen LogP) is 2.01. The van der Waals surface area contributed by atoms with E-state index in [1.54, 1.807) is 0 Å². The third-order valence-electron chi connectivity index (χ3n) is 3.39. The van der Waals surface area contributed by atoms with E-state index in [1.807, 2.05) is 0 Å². The molecule has 1 aromatic carbocycles. The van der Waals surface area contributed by atoms with Crippen LogP contribution in [0, 0.1) is 6.92 Å². The van der Waals surface area contributed by atoms with E-state index in [1.165, 1.54) is 22.0 Å². The van der Waals surface area contributed by atoms with Crippen molar-refractivity contribution >= 4 is 10.9 Å². The molecule has 1 aliphatic rings. The number of nitrogens with one attached hydrogen (secondary N) is 2. The van der Waals surface area contributed by atoms with Gasteiger partial charge < -0.3 is 15.0 Å². The Morgan fingerprint density at radius 3 is 3.18 bits per heavy atom.